The van der Waals surface area contributed by atoms with Gasteiger partial charge < -0.3 is 10.1 Å². The third kappa shape index (κ3) is 5.37. The maximum Gasteiger partial charge on any atom is 0.338 e. The Bertz CT molecular complexity index is 720. The minimum Gasteiger partial charge on any atom is -0.452 e. The van der Waals surface area contributed by atoms with Gasteiger partial charge in [0.1, 0.15) is 0 Å². The van der Waals surface area contributed by atoms with Crippen LogP contribution in [-0.4, -0.2) is 18.5 Å². The van der Waals surface area contributed by atoms with Crippen LogP contribution < -0.4 is 5.32 Å². The zero-order valence-electron chi connectivity index (χ0n) is 12.4. The van der Waals surface area contributed by atoms with E-state index >= 15 is 0 Å². The average molecular weight is 397 g/mol. The van der Waals surface area contributed by atoms with Crippen molar-refractivity contribution in [3.8, 4) is 0 Å². The minimum atomic E-state index is -0.545. The van der Waals surface area contributed by atoms with Gasteiger partial charge in [0.05, 0.1) is 11.6 Å². The van der Waals surface area contributed by atoms with Gasteiger partial charge in [0.15, 0.2) is 6.61 Å². The van der Waals surface area contributed by atoms with E-state index in [1.165, 1.54) is 0 Å². The molecule has 2 rings (SSSR count). The van der Waals surface area contributed by atoms with E-state index in [4.69, 9.17) is 16.3 Å². The first-order valence-electron chi connectivity index (χ1n) is 6.93. The fourth-order valence-electron chi connectivity index (χ4n) is 1.97. The lowest BCUT2D eigenvalue weighted by Crippen LogP contribution is -2.31. The number of hydrogen-bond acceptors (Lipinski definition) is 3. The molecule has 1 N–H and O–H groups in total. The molecule has 0 heterocycles. The normalized spacial score (nSPS) is 11.6. The molecule has 0 unspecified atom stereocenters. The predicted octanol–water partition coefficient (Wildman–Crippen LogP) is 4.14. The van der Waals surface area contributed by atoms with Gasteiger partial charge in [-0.2, -0.15) is 0 Å². The highest BCUT2D eigenvalue weighted by Gasteiger charge is 2.13. The van der Waals surface area contributed by atoms with Crippen LogP contribution in [0.5, 0.6) is 0 Å². The number of esters is 1. The number of ether oxygens (including phenoxy) is 1. The number of carbonyl (C=O) groups is 2. The van der Waals surface area contributed by atoms with E-state index in [9.17, 15) is 9.59 Å². The highest BCUT2D eigenvalue weighted by atomic mass is 79.9. The zero-order chi connectivity index (χ0) is 16.8. The van der Waals surface area contributed by atoms with Crippen LogP contribution in [-0.2, 0) is 9.53 Å². The number of amides is 1. The van der Waals surface area contributed by atoms with Gasteiger partial charge in [-0.25, -0.2) is 4.79 Å². The number of carbonyl (C=O) groups excluding carboxylic acids is 2. The molecule has 1 amide bonds. The van der Waals surface area contributed by atoms with Crippen molar-refractivity contribution in [3.05, 3.63) is 69.2 Å². The van der Waals surface area contributed by atoms with Crippen LogP contribution in [0.2, 0.25) is 5.02 Å². The second-order valence-electron chi connectivity index (χ2n) is 4.93. The molecule has 23 heavy (non-hydrogen) atoms. The fourth-order valence-corrected chi connectivity index (χ4v) is 2.57. The smallest absolute Gasteiger partial charge is 0.338 e. The summed E-state index contributed by atoms with van der Waals surface area (Å²) in [5.74, 6) is -0.919. The van der Waals surface area contributed by atoms with Crippen LogP contribution in [0.1, 0.15) is 28.9 Å². The van der Waals surface area contributed by atoms with Gasteiger partial charge in [-0.05, 0) is 42.8 Å². The monoisotopic (exact) mass is 395 g/mol. The molecular formula is C17H15BrClNO3. The fraction of sp³-hybridized carbons (Fsp3) is 0.176. The van der Waals surface area contributed by atoms with Crippen LogP contribution in [0, 0.1) is 0 Å². The van der Waals surface area contributed by atoms with Crippen LogP contribution in [0.3, 0.4) is 0 Å². The van der Waals surface area contributed by atoms with Gasteiger partial charge in [-0.1, -0.05) is 45.7 Å². The van der Waals surface area contributed by atoms with Crippen LogP contribution in [0.25, 0.3) is 0 Å². The summed E-state index contributed by atoms with van der Waals surface area (Å²) in [6.45, 7) is 1.50. The van der Waals surface area contributed by atoms with Crippen LogP contribution in [0.4, 0.5) is 0 Å². The molecule has 0 saturated heterocycles. The van der Waals surface area contributed by atoms with Gasteiger partial charge >= 0.3 is 5.97 Å². The molecule has 0 fully saturated rings. The standard InChI is InChI=1S/C17H15BrClNO3/c1-11(12-4-3-7-15(19)9-12)20-16(21)10-23-17(22)13-5-2-6-14(18)8-13/h2-9,11H,10H2,1H3,(H,20,21)/t11-/m0/s1. The van der Waals surface area contributed by atoms with Crippen molar-refractivity contribution >= 4 is 39.4 Å². The molecule has 4 nitrogen and oxygen atoms in total. The third-order valence-electron chi connectivity index (χ3n) is 3.12. The molecule has 0 aliphatic carbocycles. The average Bonchev–Trinajstić information content (AvgIpc) is 2.52. The molecule has 0 aliphatic heterocycles. The molecule has 0 radical (unpaired) electrons. The second kappa shape index (κ2) is 8.13. The van der Waals surface area contributed by atoms with Crippen molar-refractivity contribution in [1.29, 1.82) is 0 Å². The van der Waals surface area contributed by atoms with E-state index < -0.39 is 5.97 Å². The quantitative estimate of drug-likeness (QED) is 0.773. The Morgan fingerprint density at radius 3 is 2.65 bits per heavy atom. The molecule has 1 atom stereocenters. The summed E-state index contributed by atoms with van der Waals surface area (Å²) in [5, 5.41) is 3.36. The van der Waals surface area contributed by atoms with Crippen molar-refractivity contribution in [3.63, 3.8) is 0 Å². The second-order valence-corrected chi connectivity index (χ2v) is 6.28. The van der Waals surface area contributed by atoms with E-state index in [2.05, 4.69) is 21.2 Å². The van der Waals surface area contributed by atoms with Crippen molar-refractivity contribution < 1.29 is 14.3 Å². The number of nitrogens with one attached hydrogen (secondary N) is 1. The Balaban J connectivity index is 1.86. The first-order chi connectivity index (χ1) is 11.0. The summed E-state index contributed by atoms with van der Waals surface area (Å²) >= 11 is 9.20. The number of benzene rings is 2. The van der Waals surface area contributed by atoms with E-state index in [-0.39, 0.29) is 18.6 Å². The zero-order valence-corrected chi connectivity index (χ0v) is 14.7. The van der Waals surface area contributed by atoms with Gasteiger partial charge in [0, 0.05) is 9.50 Å². The molecule has 2 aromatic rings. The van der Waals surface area contributed by atoms with Gasteiger partial charge in [-0.3, -0.25) is 4.79 Å². The molecule has 6 heteroatoms. The highest BCUT2D eigenvalue weighted by Crippen LogP contribution is 2.17. The molecule has 0 saturated carbocycles. The lowest BCUT2D eigenvalue weighted by molar-refractivity contribution is -0.124. The summed E-state index contributed by atoms with van der Waals surface area (Å²) in [7, 11) is 0. The van der Waals surface area contributed by atoms with Crippen molar-refractivity contribution in [2.24, 2.45) is 0 Å². The first kappa shape index (κ1) is 17.5. The van der Waals surface area contributed by atoms with Crippen LogP contribution in [0.15, 0.2) is 53.0 Å². The predicted molar refractivity (Wildman–Crippen MR) is 92.4 cm³/mol. The lowest BCUT2D eigenvalue weighted by atomic mass is 10.1. The summed E-state index contributed by atoms with van der Waals surface area (Å²) < 4.78 is 5.78. The number of rotatable bonds is 5. The van der Waals surface area contributed by atoms with Crippen molar-refractivity contribution in [2.75, 3.05) is 6.61 Å². The Kier molecular flexibility index (Phi) is 6.19. The topological polar surface area (TPSA) is 55.4 Å². The molecule has 0 spiro atoms. The van der Waals surface area contributed by atoms with Crippen molar-refractivity contribution in [2.45, 2.75) is 13.0 Å². The SMILES string of the molecule is C[C@H](NC(=O)COC(=O)c1cccc(Br)c1)c1cccc(Cl)c1. The molecule has 0 aliphatic rings. The summed E-state index contributed by atoms with van der Waals surface area (Å²) in [6.07, 6.45) is 0. The van der Waals surface area contributed by atoms with E-state index in [1.54, 1.807) is 36.4 Å². The van der Waals surface area contributed by atoms with E-state index in [0.717, 1.165) is 10.0 Å². The van der Waals surface area contributed by atoms with Gasteiger partial charge in [0.2, 0.25) is 0 Å². The van der Waals surface area contributed by atoms with E-state index in [0.29, 0.717) is 10.6 Å². The molecular weight excluding hydrogens is 382 g/mol. The third-order valence-corrected chi connectivity index (χ3v) is 3.85. The van der Waals surface area contributed by atoms with Crippen molar-refractivity contribution in [1.82, 2.24) is 5.32 Å². The summed E-state index contributed by atoms with van der Waals surface area (Å²) in [4.78, 5) is 23.7. The Morgan fingerprint density at radius 2 is 1.96 bits per heavy atom. The lowest BCUT2D eigenvalue weighted by Gasteiger charge is -2.14. The highest BCUT2D eigenvalue weighted by molar-refractivity contribution is 9.10. The van der Waals surface area contributed by atoms with E-state index in [1.807, 2.05) is 19.1 Å². The minimum absolute atomic E-state index is 0.231. The molecule has 0 bridgehead atoms. The van der Waals surface area contributed by atoms with Crippen LogP contribution >= 0.6 is 27.5 Å². The summed E-state index contributed by atoms with van der Waals surface area (Å²) in [5.41, 5.74) is 1.26. The molecule has 2 aromatic carbocycles. The maximum absolute atomic E-state index is 11.9. The van der Waals surface area contributed by atoms with Gasteiger partial charge in [-0.15, -0.1) is 0 Å². The number of hydrogen-bond donors (Lipinski definition) is 1. The Morgan fingerprint density at radius 1 is 1.22 bits per heavy atom. The molecule has 0 aromatic heterocycles. The Hall–Kier alpha value is -1.85. The largest absolute Gasteiger partial charge is 0.452 e. The first-order valence-corrected chi connectivity index (χ1v) is 8.10. The Labute approximate surface area is 147 Å². The number of halogens is 2. The maximum atomic E-state index is 11.9. The van der Waals surface area contributed by atoms with Gasteiger partial charge in [0.25, 0.3) is 5.91 Å². The summed E-state index contributed by atoms with van der Waals surface area (Å²) in [6, 6.07) is 13.8. The molecule has 120 valence electrons.